The fourth-order valence-corrected chi connectivity index (χ4v) is 2.83. The third-order valence-electron chi connectivity index (χ3n) is 3.54. The molecule has 2 aliphatic rings. The Balaban J connectivity index is 2.15. The summed E-state index contributed by atoms with van der Waals surface area (Å²) in [5, 5.41) is 0. The van der Waals surface area contributed by atoms with E-state index in [1.807, 2.05) is 12.1 Å². The molecule has 1 saturated heterocycles. The van der Waals surface area contributed by atoms with Crippen molar-refractivity contribution in [3.63, 3.8) is 0 Å². The number of esters is 1. The van der Waals surface area contributed by atoms with E-state index in [0.717, 1.165) is 0 Å². The lowest BCUT2D eigenvalue weighted by Crippen LogP contribution is -2.13. The summed E-state index contributed by atoms with van der Waals surface area (Å²) in [7, 11) is 0. The van der Waals surface area contributed by atoms with Crippen LogP contribution >= 0.6 is 0 Å². The van der Waals surface area contributed by atoms with Crippen molar-refractivity contribution in [1.29, 1.82) is 0 Å². The fraction of sp³-hybridized carbons (Fsp3) is 0.417. The van der Waals surface area contributed by atoms with Crippen LogP contribution in [0, 0.1) is 5.92 Å². The molecule has 2 nitrogen and oxygen atoms in total. The second kappa shape index (κ2) is 2.59. The lowest BCUT2D eigenvalue weighted by atomic mass is 9.91. The van der Waals surface area contributed by atoms with Gasteiger partial charge in [0, 0.05) is 5.92 Å². The highest BCUT2D eigenvalue weighted by atomic mass is 16.5. The summed E-state index contributed by atoms with van der Waals surface area (Å²) in [6.45, 7) is 2.70. The molecule has 0 N–H and O–H groups in total. The van der Waals surface area contributed by atoms with E-state index in [1.54, 1.807) is 0 Å². The summed E-state index contributed by atoms with van der Waals surface area (Å²) in [6, 6.07) is 8.34. The number of benzene rings is 1. The summed E-state index contributed by atoms with van der Waals surface area (Å²) in [5.41, 5.74) is 2.65. The molecule has 0 saturated carbocycles. The second-order valence-corrected chi connectivity index (χ2v) is 4.18. The highest BCUT2D eigenvalue weighted by molar-refractivity contribution is 5.79. The number of hydrogen-bond donors (Lipinski definition) is 0. The van der Waals surface area contributed by atoms with E-state index >= 15 is 0 Å². The van der Waals surface area contributed by atoms with E-state index in [1.165, 1.54) is 11.1 Å². The molecule has 0 amide bonds. The zero-order valence-electron chi connectivity index (χ0n) is 8.07. The van der Waals surface area contributed by atoms with Crippen molar-refractivity contribution in [2.75, 3.05) is 6.61 Å². The van der Waals surface area contributed by atoms with Crippen molar-refractivity contribution in [3.8, 4) is 0 Å². The van der Waals surface area contributed by atoms with E-state index in [4.69, 9.17) is 4.74 Å². The van der Waals surface area contributed by atoms with Crippen LogP contribution in [0.1, 0.15) is 29.9 Å². The molecule has 1 aromatic rings. The standard InChI is InChI=1S/C12H12O2/c1-7-8-4-2-3-5-9(8)10-6-14-12(13)11(7)10/h2-5,7,10-11H,6H2,1H3/t7-,10-,11+/m1/s1. The van der Waals surface area contributed by atoms with Gasteiger partial charge in [0.05, 0.1) is 12.5 Å². The number of cyclic esters (lactones) is 1. The molecule has 3 rings (SSSR count). The second-order valence-electron chi connectivity index (χ2n) is 4.18. The van der Waals surface area contributed by atoms with Crippen LogP contribution in [-0.2, 0) is 9.53 Å². The quantitative estimate of drug-likeness (QED) is 0.582. The van der Waals surface area contributed by atoms with Gasteiger partial charge in [0.25, 0.3) is 0 Å². The molecule has 0 spiro atoms. The van der Waals surface area contributed by atoms with E-state index < -0.39 is 0 Å². The van der Waals surface area contributed by atoms with Gasteiger partial charge in [-0.3, -0.25) is 4.79 Å². The Morgan fingerprint density at radius 2 is 2.00 bits per heavy atom. The Labute approximate surface area is 82.9 Å². The van der Waals surface area contributed by atoms with Crippen molar-refractivity contribution in [2.45, 2.75) is 18.8 Å². The van der Waals surface area contributed by atoms with Crippen molar-refractivity contribution in [3.05, 3.63) is 35.4 Å². The first-order valence-corrected chi connectivity index (χ1v) is 5.04. The monoisotopic (exact) mass is 188 g/mol. The van der Waals surface area contributed by atoms with E-state index in [2.05, 4.69) is 19.1 Å². The zero-order valence-corrected chi connectivity index (χ0v) is 8.07. The molecule has 72 valence electrons. The number of hydrogen-bond acceptors (Lipinski definition) is 2. The minimum atomic E-state index is -0.0151. The van der Waals surface area contributed by atoms with Gasteiger partial charge in [-0.15, -0.1) is 0 Å². The summed E-state index contributed by atoms with van der Waals surface area (Å²) in [4.78, 5) is 11.5. The van der Waals surface area contributed by atoms with Gasteiger partial charge in [-0.25, -0.2) is 0 Å². The molecule has 0 bridgehead atoms. The van der Waals surface area contributed by atoms with Crippen LogP contribution in [-0.4, -0.2) is 12.6 Å². The Hall–Kier alpha value is -1.31. The van der Waals surface area contributed by atoms with Gasteiger partial charge >= 0.3 is 5.97 Å². The lowest BCUT2D eigenvalue weighted by Gasteiger charge is -2.09. The first-order chi connectivity index (χ1) is 6.79. The number of carbonyl (C=O) groups excluding carboxylic acids is 1. The van der Waals surface area contributed by atoms with E-state index in [9.17, 15) is 4.79 Å². The smallest absolute Gasteiger partial charge is 0.310 e. The molecule has 14 heavy (non-hydrogen) atoms. The third kappa shape index (κ3) is 0.834. The fourth-order valence-electron chi connectivity index (χ4n) is 2.83. The molecular formula is C12H12O2. The Kier molecular flexibility index (Phi) is 1.49. The maximum atomic E-state index is 11.5. The zero-order chi connectivity index (χ0) is 9.71. The predicted octanol–water partition coefficient (Wildman–Crippen LogP) is 2.06. The van der Waals surface area contributed by atoms with Crippen LogP contribution in [0.15, 0.2) is 24.3 Å². The Morgan fingerprint density at radius 1 is 1.29 bits per heavy atom. The minimum Gasteiger partial charge on any atom is -0.465 e. The van der Waals surface area contributed by atoms with Crippen molar-refractivity contribution >= 4 is 5.97 Å². The molecule has 0 aromatic heterocycles. The van der Waals surface area contributed by atoms with Gasteiger partial charge in [0.1, 0.15) is 0 Å². The molecule has 1 fully saturated rings. The summed E-state index contributed by atoms with van der Waals surface area (Å²) < 4.78 is 5.11. The predicted molar refractivity (Wildman–Crippen MR) is 52.0 cm³/mol. The van der Waals surface area contributed by atoms with Gasteiger partial charge in [-0.05, 0) is 17.0 Å². The molecule has 1 aliphatic heterocycles. The molecule has 3 atom stereocenters. The lowest BCUT2D eigenvalue weighted by molar-refractivity contribution is -0.141. The number of ether oxygens (including phenoxy) is 1. The van der Waals surface area contributed by atoms with Crippen LogP contribution in [0.4, 0.5) is 0 Å². The molecule has 2 heteroatoms. The first-order valence-electron chi connectivity index (χ1n) is 5.04. The highest BCUT2D eigenvalue weighted by Gasteiger charge is 2.47. The summed E-state index contributed by atoms with van der Waals surface area (Å²) >= 11 is 0. The SMILES string of the molecule is C[C@@H]1c2ccccc2[C@H]2COC(=O)[C@@H]12. The Bertz CT molecular complexity index is 397. The van der Waals surface area contributed by atoms with E-state index in [0.29, 0.717) is 18.4 Å². The molecule has 1 aliphatic carbocycles. The normalized spacial score (nSPS) is 33.8. The van der Waals surface area contributed by atoms with Crippen LogP contribution in [0.3, 0.4) is 0 Å². The largest absolute Gasteiger partial charge is 0.465 e. The van der Waals surface area contributed by atoms with Crippen molar-refractivity contribution in [2.24, 2.45) is 5.92 Å². The number of fused-ring (bicyclic) bond motifs is 3. The summed E-state index contributed by atoms with van der Waals surface area (Å²) in [6.07, 6.45) is 0. The van der Waals surface area contributed by atoms with Crippen molar-refractivity contribution < 1.29 is 9.53 Å². The molecule has 1 heterocycles. The van der Waals surface area contributed by atoms with E-state index in [-0.39, 0.29) is 11.9 Å². The molecular weight excluding hydrogens is 176 g/mol. The molecule has 1 aromatic carbocycles. The molecule has 0 unspecified atom stereocenters. The van der Waals surface area contributed by atoms with Crippen LogP contribution in [0.25, 0.3) is 0 Å². The highest BCUT2D eigenvalue weighted by Crippen LogP contribution is 2.49. The average Bonchev–Trinajstić information content (AvgIpc) is 2.70. The van der Waals surface area contributed by atoms with Gasteiger partial charge < -0.3 is 4.74 Å². The maximum Gasteiger partial charge on any atom is 0.310 e. The maximum absolute atomic E-state index is 11.5. The third-order valence-corrected chi connectivity index (χ3v) is 3.54. The van der Waals surface area contributed by atoms with Crippen LogP contribution in [0.2, 0.25) is 0 Å². The summed E-state index contributed by atoms with van der Waals surface area (Å²) in [5.74, 6) is 0.700. The topological polar surface area (TPSA) is 26.3 Å². The van der Waals surface area contributed by atoms with Gasteiger partial charge in [0.2, 0.25) is 0 Å². The first kappa shape index (κ1) is 8.04. The minimum absolute atomic E-state index is 0.0151. The molecule has 0 radical (unpaired) electrons. The van der Waals surface area contributed by atoms with Crippen molar-refractivity contribution in [1.82, 2.24) is 0 Å². The van der Waals surface area contributed by atoms with Crippen LogP contribution < -0.4 is 0 Å². The van der Waals surface area contributed by atoms with Gasteiger partial charge in [0.15, 0.2) is 0 Å². The van der Waals surface area contributed by atoms with Gasteiger partial charge in [-0.1, -0.05) is 31.2 Å². The Morgan fingerprint density at radius 3 is 2.79 bits per heavy atom. The van der Waals surface area contributed by atoms with Gasteiger partial charge in [-0.2, -0.15) is 0 Å². The number of rotatable bonds is 0. The number of carbonyl (C=O) groups is 1. The van der Waals surface area contributed by atoms with Crippen LogP contribution in [0.5, 0.6) is 0 Å². The average molecular weight is 188 g/mol.